The number of hydrogen-bond donors (Lipinski definition) is 2. The van der Waals surface area contributed by atoms with Crippen LogP contribution in [0.4, 0.5) is 0 Å². The number of carbonyl (C=O) groups is 1. The summed E-state index contributed by atoms with van der Waals surface area (Å²) in [5.41, 5.74) is 6.75. The molecular formula is C14H20N2OS. The Kier molecular flexibility index (Phi) is 4.66. The normalized spacial score (nSPS) is 23.7. The fraction of sp³-hybridized carbons (Fsp3) is 0.500. The van der Waals surface area contributed by atoms with Gasteiger partial charge in [0.2, 0.25) is 0 Å². The highest BCUT2D eigenvalue weighted by atomic mass is 32.2. The maximum absolute atomic E-state index is 12.1. The predicted molar refractivity (Wildman–Crippen MR) is 75.9 cm³/mol. The summed E-state index contributed by atoms with van der Waals surface area (Å²) >= 11 is 1.67. The Hall–Kier alpha value is -1.00. The second-order valence-corrected chi connectivity index (χ2v) is 5.64. The van der Waals surface area contributed by atoms with Crippen molar-refractivity contribution >= 4 is 17.7 Å². The number of rotatable bonds is 3. The predicted octanol–water partition coefficient (Wildman–Crippen LogP) is 2.41. The van der Waals surface area contributed by atoms with E-state index in [2.05, 4.69) is 5.32 Å². The Labute approximate surface area is 113 Å². The molecule has 0 spiro atoms. The van der Waals surface area contributed by atoms with E-state index in [1.165, 1.54) is 11.3 Å². The summed E-state index contributed by atoms with van der Waals surface area (Å²) in [6.07, 6.45) is 6.36. The topological polar surface area (TPSA) is 55.1 Å². The van der Waals surface area contributed by atoms with Crippen molar-refractivity contribution in [2.75, 3.05) is 6.26 Å². The highest BCUT2D eigenvalue weighted by Gasteiger charge is 2.23. The Balaban J connectivity index is 1.97. The standard InChI is InChI=1S/C14H20N2OS/c1-18-11-8-6-10(7-9-11)14(17)16-13-5-3-2-4-12(13)15/h6-9,12-13H,2-5,15H2,1H3,(H,16,17)/t12-,13-/m1/s1. The molecular weight excluding hydrogens is 244 g/mol. The maximum Gasteiger partial charge on any atom is 0.251 e. The van der Waals surface area contributed by atoms with Crippen LogP contribution in [0, 0.1) is 0 Å². The van der Waals surface area contributed by atoms with Crippen LogP contribution in [0.3, 0.4) is 0 Å². The van der Waals surface area contributed by atoms with Crippen molar-refractivity contribution in [3.8, 4) is 0 Å². The number of amides is 1. The van der Waals surface area contributed by atoms with Crippen molar-refractivity contribution in [2.24, 2.45) is 5.73 Å². The Morgan fingerprint density at radius 3 is 2.56 bits per heavy atom. The van der Waals surface area contributed by atoms with Crippen LogP contribution in [-0.2, 0) is 0 Å². The van der Waals surface area contributed by atoms with Crippen molar-refractivity contribution in [1.29, 1.82) is 0 Å². The average Bonchev–Trinajstić information content (AvgIpc) is 2.41. The molecule has 2 atom stereocenters. The molecule has 3 nitrogen and oxygen atoms in total. The SMILES string of the molecule is CSc1ccc(C(=O)N[C@@H]2CCCC[C@H]2N)cc1. The zero-order valence-corrected chi connectivity index (χ0v) is 11.5. The molecule has 2 rings (SSSR count). The van der Waals surface area contributed by atoms with E-state index in [0.29, 0.717) is 5.56 Å². The maximum atomic E-state index is 12.1. The monoisotopic (exact) mass is 264 g/mol. The molecule has 1 amide bonds. The van der Waals surface area contributed by atoms with E-state index in [1.807, 2.05) is 30.5 Å². The molecule has 0 unspecified atom stereocenters. The van der Waals surface area contributed by atoms with Crippen LogP contribution in [0.1, 0.15) is 36.0 Å². The summed E-state index contributed by atoms with van der Waals surface area (Å²) < 4.78 is 0. The largest absolute Gasteiger partial charge is 0.348 e. The first kappa shape index (κ1) is 13.4. The van der Waals surface area contributed by atoms with Crippen LogP contribution in [-0.4, -0.2) is 24.2 Å². The lowest BCUT2D eigenvalue weighted by atomic mass is 9.91. The quantitative estimate of drug-likeness (QED) is 0.824. The first-order valence-electron chi connectivity index (χ1n) is 6.41. The van der Waals surface area contributed by atoms with E-state index in [0.717, 1.165) is 19.3 Å². The highest BCUT2D eigenvalue weighted by molar-refractivity contribution is 7.98. The summed E-state index contributed by atoms with van der Waals surface area (Å²) in [6.45, 7) is 0. The molecule has 0 aromatic heterocycles. The number of benzene rings is 1. The van der Waals surface area contributed by atoms with Crippen molar-refractivity contribution < 1.29 is 4.79 Å². The zero-order valence-electron chi connectivity index (χ0n) is 10.7. The molecule has 98 valence electrons. The van der Waals surface area contributed by atoms with Gasteiger partial charge < -0.3 is 11.1 Å². The van der Waals surface area contributed by atoms with Gasteiger partial charge in [0.1, 0.15) is 0 Å². The molecule has 1 aromatic rings. The first-order valence-corrected chi connectivity index (χ1v) is 7.63. The molecule has 1 aromatic carbocycles. The van der Waals surface area contributed by atoms with Gasteiger partial charge in [-0.15, -0.1) is 11.8 Å². The number of thioether (sulfide) groups is 1. The Morgan fingerprint density at radius 1 is 1.28 bits per heavy atom. The second-order valence-electron chi connectivity index (χ2n) is 4.76. The van der Waals surface area contributed by atoms with Crippen LogP contribution in [0.15, 0.2) is 29.2 Å². The van der Waals surface area contributed by atoms with Gasteiger partial charge >= 0.3 is 0 Å². The summed E-state index contributed by atoms with van der Waals surface area (Å²) in [7, 11) is 0. The number of nitrogens with two attached hydrogens (primary N) is 1. The van der Waals surface area contributed by atoms with Crippen LogP contribution < -0.4 is 11.1 Å². The molecule has 0 radical (unpaired) electrons. The molecule has 1 aliphatic carbocycles. The zero-order chi connectivity index (χ0) is 13.0. The smallest absolute Gasteiger partial charge is 0.251 e. The van der Waals surface area contributed by atoms with Crippen molar-refractivity contribution in [3.63, 3.8) is 0 Å². The minimum Gasteiger partial charge on any atom is -0.348 e. The van der Waals surface area contributed by atoms with Gasteiger partial charge in [-0.25, -0.2) is 0 Å². The third kappa shape index (κ3) is 3.27. The lowest BCUT2D eigenvalue weighted by Crippen LogP contribution is -2.49. The summed E-state index contributed by atoms with van der Waals surface area (Å²) in [5, 5.41) is 3.05. The van der Waals surface area contributed by atoms with Crippen molar-refractivity contribution in [3.05, 3.63) is 29.8 Å². The van der Waals surface area contributed by atoms with E-state index >= 15 is 0 Å². The Morgan fingerprint density at radius 2 is 1.94 bits per heavy atom. The molecule has 0 bridgehead atoms. The van der Waals surface area contributed by atoms with Gasteiger partial charge in [-0.3, -0.25) is 4.79 Å². The fourth-order valence-electron chi connectivity index (χ4n) is 2.33. The van der Waals surface area contributed by atoms with Crippen molar-refractivity contribution in [2.45, 2.75) is 42.7 Å². The van der Waals surface area contributed by atoms with E-state index < -0.39 is 0 Å². The van der Waals surface area contributed by atoms with Gasteiger partial charge in [-0.2, -0.15) is 0 Å². The molecule has 0 aliphatic heterocycles. The average molecular weight is 264 g/mol. The summed E-state index contributed by atoms with van der Waals surface area (Å²) in [5.74, 6) is -0.00926. The molecule has 0 heterocycles. The third-order valence-corrected chi connectivity index (χ3v) is 4.23. The van der Waals surface area contributed by atoms with Gasteiger partial charge in [0.15, 0.2) is 0 Å². The van der Waals surface area contributed by atoms with Crippen molar-refractivity contribution in [1.82, 2.24) is 5.32 Å². The number of hydrogen-bond acceptors (Lipinski definition) is 3. The minimum absolute atomic E-state index is 0.00926. The molecule has 3 N–H and O–H groups in total. The van der Waals surface area contributed by atoms with E-state index in [4.69, 9.17) is 5.73 Å². The van der Waals surface area contributed by atoms with Crippen LogP contribution >= 0.6 is 11.8 Å². The molecule has 4 heteroatoms. The number of nitrogens with one attached hydrogen (secondary N) is 1. The van der Waals surface area contributed by atoms with Crippen LogP contribution in [0.2, 0.25) is 0 Å². The summed E-state index contributed by atoms with van der Waals surface area (Å²) in [4.78, 5) is 13.3. The van der Waals surface area contributed by atoms with Gasteiger partial charge in [-0.1, -0.05) is 12.8 Å². The third-order valence-electron chi connectivity index (χ3n) is 3.49. The van der Waals surface area contributed by atoms with E-state index in [-0.39, 0.29) is 18.0 Å². The highest BCUT2D eigenvalue weighted by Crippen LogP contribution is 2.18. The summed E-state index contributed by atoms with van der Waals surface area (Å²) in [6, 6.07) is 7.92. The lowest BCUT2D eigenvalue weighted by molar-refractivity contribution is 0.0921. The molecule has 1 aliphatic rings. The molecule has 0 saturated heterocycles. The molecule has 1 fully saturated rings. The van der Waals surface area contributed by atoms with Gasteiger partial charge in [0, 0.05) is 22.5 Å². The van der Waals surface area contributed by atoms with Gasteiger partial charge in [0.05, 0.1) is 0 Å². The molecule has 1 saturated carbocycles. The van der Waals surface area contributed by atoms with Crippen LogP contribution in [0.5, 0.6) is 0 Å². The second kappa shape index (κ2) is 6.25. The first-order chi connectivity index (χ1) is 8.70. The number of carbonyl (C=O) groups excluding carboxylic acids is 1. The Bertz CT molecular complexity index is 405. The lowest BCUT2D eigenvalue weighted by Gasteiger charge is -2.29. The van der Waals surface area contributed by atoms with E-state index in [9.17, 15) is 4.79 Å². The molecule has 18 heavy (non-hydrogen) atoms. The minimum atomic E-state index is -0.00926. The van der Waals surface area contributed by atoms with E-state index in [1.54, 1.807) is 11.8 Å². The van der Waals surface area contributed by atoms with Crippen LogP contribution in [0.25, 0.3) is 0 Å². The fourth-order valence-corrected chi connectivity index (χ4v) is 2.74. The van der Waals surface area contributed by atoms with Gasteiger partial charge in [0.25, 0.3) is 5.91 Å². The van der Waals surface area contributed by atoms with Gasteiger partial charge in [-0.05, 0) is 43.4 Å².